The summed E-state index contributed by atoms with van der Waals surface area (Å²) in [7, 11) is 0. The first-order chi connectivity index (χ1) is 10.2. The van der Waals surface area contributed by atoms with Crippen LogP contribution in [0.25, 0.3) is 27.5 Å². The molecule has 104 valence electrons. The van der Waals surface area contributed by atoms with Gasteiger partial charge in [-0.15, -0.1) is 0 Å². The summed E-state index contributed by atoms with van der Waals surface area (Å²) >= 11 is 0. The van der Waals surface area contributed by atoms with Crippen molar-refractivity contribution < 1.29 is 0 Å². The Kier molecular flexibility index (Phi) is 2.39. The number of aryl methyl sites for hydroxylation is 2. The van der Waals surface area contributed by atoms with Crippen molar-refractivity contribution in [1.82, 2.24) is 9.55 Å². The Morgan fingerprint density at radius 3 is 2.14 bits per heavy atom. The third-order valence-corrected chi connectivity index (χ3v) is 4.19. The topological polar surface area (TPSA) is 46.7 Å². The molecule has 0 aliphatic rings. The minimum atomic E-state index is 0.788. The molecule has 0 aliphatic heterocycles. The van der Waals surface area contributed by atoms with E-state index < -0.39 is 0 Å². The minimum absolute atomic E-state index is 0.788. The van der Waals surface area contributed by atoms with Gasteiger partial charge in [-0.25, -0.2) is 0 Å². The molecular formula is C18H17N3. The Hall–Kier alpha value is -2.68. The zero-order valence-electron chi connectivity index (χ0n) is 12.1. The van der Waals surface area contributed by atoms with Crippen molar-refractivity contribution in [3.8, 4) is 5.69 Å². The zero-order valence-corrected chi connectivity index (χ0v) is 12.1. The number of nitrogens with zero attached hydrogens (tertiary/aromatic N) is 1. The van der Waals surface area contributed by atoms with Crippen LogP contribution in [0, 0.1) is 13.8 Å². The summed E-state index contributed by atoms with van der Waals surface area (Å²) in [6.45, 7) is 4.26. The lowest BCUT2D eigenvalue weighted by atomic mass is 10.1. The maximum atomic E-state index is 6.11. The number of anilines is 1. The van der Waals surface area contributed by atoms with E-state index in [2.05, 4.69) is 59.8 Å². The number of hydrogen-bond donors (Lipinski definition) is 2. The average molecular weight is 275 g/mol. The standard InChI is InChI=1S/C18H17N3/c1-11-9-10-12(2)21(11)16-8-4-6-14-13-5-3-7-15(19)17(13)20-18(14)16/h3-10,20H,19H2,1-2H3. The molecule has 0 saturated carbocycles. The van der Waals surface area contributed by atoms with E-state index in [4.69, 9.17) is 5.73 Å². The average Bonchev–Trinajstić information content (AvgIpc) is 3.01. The molecule has 21 heavy (non-hydrogen) atoms. The van der Waals surface area contributed by atoms with Gasteiger partial charge in [-0.05, 0) is 38.1 Å². The Labute approximate surface area is 123 Å². The molecule has 0 spiro atoms. The SMILES string of the molecule is Cc1ccc(C)n1-c1cccc2c1[nH]c1c(N)cccc12. The Morgan fingerprint density at radius 2 is 1.43 bits per heavy atom. The smallest absolute Gasteiger partial charge is 0.0710 e. The molecule has 2 aromatic heterocycles. The van der Waals surface area contributed by atoms with E-state index in [9.17, 15) is 0 Å². The van der Waals surface area contributed by atoms with Crippen molar-refractivity contribution >= 4 is 27.5 Å². The third kappa shape index (κ3) is 1.61. The van der Waals surface area contributed by atoms with E-state index >= 15 is 0 Å². The minimum Gasteiger partial charge on any atom is -0.397 e. The number of rotatable bonds is 1. The van der Waals surface area contributed by atoms with Crippen LogP contribution in [0.1, 0.15) is 11.4 Å². The fourth-order valence-corrected chi connectivity index (χ4v) is 3.19. The van der Waals surface area contributed by atoms with Gasteiger partial charge in [-0.3, -0.25) is 0 Å². The highest BCUT2D eigenvalue weighted by Gasteiger charge is 2.12. The van der Waals surface area contributed by atoms with Gasteiger partial charge in [0.2, 0.25) is 0 Å². The van der Waals surface area contributed by atoms with Gasteiger partial charge >= 0.3 is 0 Å². The van der Waals surface area contributed by atoms with Gasteiger partial charge in [-0.2, -0.15) is 0 Å². The number of H-pyrrole nitrogens is 1. The van der Waals surface area contributed by atoms with Gasteiger partial charge < -0.3 is 15.3 Å². The van der Waals surface area contributed by atoms with E-state index in [0.29, 0.717) is 0 Å². The molecule has 0 amide bonds. The first-order valence-electron chi connectivity index (χ1n) is 7.11. The molecule has 2 aromatic carbocycles. The number of nitrogens with one attached hydrogen (secondary N) is 1. The van der Waals surface area contributed by atoms with Crippen molar-refractivity contribution in [1.29, 1.82) is 0 Å². The summed E-state index contributed by atoms with van der Waals surface area (Å²) in [5.74, 6) is 0. The number of aromatic amines is 1. The summed E-state index contributed by atoms with van der Waals surface area (Å²) in [5.41, 5.74) is 12.7. The summed E-state index contributed by atoms with van der Waals surface area (Å²) in [6.07, 6.45) is 0. The van der Waals surface area contributed by atoms with Crippen molar-refractivity contribution in [2.24, 2.45) is 0 Å². The Bertz CT molecular complexity index is 953. The summed E-state index contributed by atoms with van der Waals surface area (Å²) < 4.78 is 2.27. The van der Waals surface area contributed by atoms with Gasteiger partial charge in [0.15, 0.2) is 0 Å². The lowest BCUT2D eigenvalue weighted by Crippen LogP contribution is -1.99. The van der Waals surface area contributed by atoms with Crippen molar-refractivity contribution in [2.45, 2.75) is 13.8 Å². The number of aromatic nitrogens is 2. The van der Waals surface area contributed by atoms with Crippen LogP contribution in [-0.4, -0.2) is 9.55 Å². The molecule has 0 fully saturated rings. The van der Waals surface area contributed by atoms with E-state index in [0.717, 1.165) is 16.7 Å². The molecule has 4 rings (SSSR count). The number of benzene rings is 2. The summed E-state index contributed by atoms with van der Waals surface area (Å²) in [6, 6.07) is 16.7. The molecule has 2 heterocycles. The molecule has 0 aliphatic carbocycles. The summed E-state index contributed by atoms with van der Waals surface area (Å²) in [4.78, 5) is 3.51. The van der Waals surface area contributed by atoms with Crippen LogP contribution < -0.4 is 5.73 Å². The van der Waals surface area contributed by atoms with Crippen molar-refractivity contribution in [3.05, 3.63) is 59.9 Å². The molecule has 3 heteroatoms. The molecule has 4 aromatic rings. The van der Waals surface area contributed by atoms with Crippen LogP contribution in [0.3, 0.4) is 0 Å². The number of hydrogen-bond acceptors (Lipinski definition) is 1. The number of fused-ring (bicyclic) bond motifs is 3. The molecule has 0 bridgehead atoms. The second-order valence-corrected chi connectivity index (χ2v) is 5.55. The van der Waals surface area contributed by atoms with E-state index in [-0.39, 0.29) is 0 Å². The van der Waals surface area contributed by atoms with Crippen LogP contribution in [0.15, 0.2) is 48.5 Å². The van der Waals surface area contributed by atoms with Crippen molar-refractivity contribution in [3.63, 3.8) is 0 Å². The first-order valence-corrected chi connectivity index (χ1v) is 7.11. The van der Waals surface area contributed by atoms with Crippen molar-refractivity contribution in [2.75, 3.05) is 5.73 Å². The van der Waals surface area contributed by atoms with Crippen LogP contribution >= 0.6 is 0 Å². The quantitative estimate of drug-likeness (QED) is 0.500. The maximum Gasteiger partial charge on any atom is 0.0710 e. The normalized spacial score (nSPS) is 11.5. The van der Waals surface area contributed by atoms with Crippen LogP contribution in [0.5, 0.6) is 0 Å². The zero-order chi connectivity index (χ0) is 14.6. The van der Waals surface area contributed by atoms with Gasteiger partial charge in [0, 0.05) is 22.2 Å². The first kappa shape index (κ1) is 12.1. The maximum absolute atomic E-state index is 6.11. The number of nitrogens with two attached hydrogens (primary N) is 1. The highest BCUT2D eigenvalue weighted by atomic mass is 15.0. The molecular weight excluding hydrogens is 258 g/mol. The third-order valence-electron chi connectivity index (χ3n) is 4.19. The molecule has 0 unspecified atom stereocenters. The lowest BCUT2D eigenvalue weighted by molar-refractivity contribution is 0.972. The van der Waals surface area contributed by atoms with Gasteiger partial charge in [0.05, 0.1) is 22.4 Å². The monoisotopic (exact) mass is 275 g/mol. The van der Waals surface area contributed by atoms with Crippen LogP contribution in [0.2, 0.25) is 0 Å². The number of para-hydroxylation sites is 2. The lowest BCUT2D eigenvalue weighted by Gasteiger charge is -2.10. The van der Waals surface area contributed by atoms with Crippen LogP contribution in [0.4, 0.5) is 5.69 Å². The molecule has 3 nitrogen and oxygen atoms in total. The van der Waals surface area contributed by atoms with E-state index in [1.165, 1.54) is 27.8 Å². The van der Waals surface area contributed by atoms with Gasteiger partial charge in [-0.1, -0.05) is 24.3 Å². The number of nitrogen functional groups attached to an aromatic ring is 1. The predicted molar refractivity (Wildman–Crippen MR) is 89.0 cm³/mol. The van der Waals surface area contributed by atoms with E-state index in [1.807, 2.05) is 12.1 Å². The fourth-order valence-electron chi connectivity index (χ4n) is 3.19. The Balaban J connectivity index is 2.17. The Morgan fingerprint density at radius 1 is 0.810 bits per heavy atom. The molecule has 3 N–H and O–H groups in total. The van der Waals surface area contributed by atoms with E-state index in [1.54, 1.807) is 0 Å². The molecule has 0 radical (unpaired) electrons. The molecule has 0 atom stereocenters. The van der Waals surface area contributed by atoms with Gasteiger partial charge in [0.1, 0.15) is 0 Å². The second kappa shape index (κ2) is 4.16. The van der Waals surface area contributed by atoms with Gasteiger partial charge in [0.25, 0.3) is 0 Å². The highest BCUT2D eigenvalue weighted by molar-refractivity contribution is 6.12. The largest absolute Gasteiger partial charge is 0.397 e. The second-order valence-electron chi connectivity index (χ2n) is 5.55. The molecule has 0 saturated heterocycles. The summed E-state index contributed by atoms with van der Waals surface area (Å²) in [5, 5.41) is 2.39. The predicted octanol–water partition coefficient (Wildman–Crippen LogP) is 4.31. The van der Waals surface area contributed by atoms with Crippen LogP contribution in [-0.2, 0) is 0 Å². The highest BCUT2D eigenvalue weighted by Crippen LogP contribution is 2.33. The fraction of sp³-hybridized carbons (Fsp3) is 0.111.